The summed E-state index contributed by atoms with van der Waals surface area (Å²) in [5.41, 5.74) is 0.328. The minimum absolute atomic E-state index is 0.140. The van der Waals surface area contributed by atoms with E-state index in [-0.39, 0.29) is 29.7 Å². The highest BCUT2D eigenvalue weighted by molar-refractivity contribution is 5.71. The van der Waals surface area contributed by atoms with Crippen molar-refractivity contribution in [3.05, 3.63) is 74.7 Å². The van der Waals surface area contributed by atoms with Gasteiger partial charge in [-0.1, -0.05) is 0 Å². The molecule has 1 aromatic carbocycles. The molecule has 10 heteroatoms. The molecular weight excluding hydrogens is 377 g/mol. The third-order valence-electron chi connectivity index (χ3n) is 4.43. The van der Waals surface area contributed by atoms with E-state index in [1.807, 2.05) is 0 Å². The molecule has 2 N–H and O–H groups in total. The van der Waals surface area contributed by atoms with Crippen molar-refractivity contribution in [2.75, 3.05) is 7.11 Å². The second-order valence-electron chi connectivity index (χ2n) is 6.29. The topological polar surface area (TPSA) is 92.8 Å². The molecule has 0 bridgehead atoms. The van der Waals surface area contributed by atoms with E-state index in [4.69, 9.17) is 4.74 Å². The zero-order valence-electron chi connectivity index (χ0n) is 15.1. The lowest BCUT2D eigenvalue weighted by atomic mass is 9.89. The highest BCUT2D eigenvalue weighted by Gasteiger charge is 2.27. The minimum Gasteiger partial charge on any atom is -0.469 e. The third-order valence-corrected chi connectivity index (χ3v) is 4.43. The van der Waals surface area contributed by atoms with Crippen LogP contribution in [0.4, 0.5) is 13.2 Å². The molecule has 7 nitrogen and oxygen atoms in total. The molecule has 0 amide bonds. The molecule has 0 saturated carbocycles. The van der Waals surface area contributed by atoms with E-state index in [0.29, 0.717) is 11.6 Å². The number of H-pyrrole nitrogens is 2. The molecule has 0 saturated heterocycles. The number of aromatic nitrogens is 4. The van der Waals surface area contributed by atoms with Crippen molar-refractivity contribution in [1.82, 2.24) is 20.0 Å². The molecule has 2 aromatic heterocycles. The van der Waals surface area contributed by atoms with Gasteiger partial charge in [0, 0.05) is 42.9 Å². The van der Waals surface area contributed by atoms with Crippen molar-refractivity contribution in [1.29, 1.82) is 0 Å². The fraction of sp³-hybridized carbons (Fsp3) is 0.278. The summed E-state index contributed by atoms with van der Waals surface area (Å²) >= 11 is 0. The van der Waals surface area contributed by atoms with Gasteiger partial charge >= 0.3 is 5.97 Å². The van der Waals surface area contributed by atoms with Crippen molar-refractivity contribution >= 4 is 5.97 Å². The molecule has 0 aliphatic carbocycles. The first-order valence-corrected chi connectivity index (χ1v) is 8.28. The number of esters is 1. The van der Waals surface area contributed by atoms with Crippen LogP contribution in [-0.2, 0) is 23.0 Å². The second-order valence-corrected chi connectivity index (χ2v) is 6.29. The summed E-state index contributed by atoms with van der Waals surface area (Å²) in [5, 5.41) is 9.08. The van der Waals surface area contributed by atoms with E-state index in [2.05, 4.69) is 15.3 Å². The maximum absolute atomic E-state index is 14.1. The van der Waals surface area contributed by atoms with Crippen LogP contribution in [0.25, 0.3) is 0 Å². The fourth-order valence-corrected chi connectivity index (χ4v) is 3.06. The van der Waals surface area contributed by atoms with Crippen LogP contribution in [0.1, 0.15) is 34.7 Å². The van der Waals surface area contributed by atoms with Gasteiger partial charge in [0.15, 0.2) is 11.6 Å². The lowest BCUT2D eigenvalue weighted by molar-refractivity contribution is -0.140. The van der Waals surface area contributed by atoms with Gasteiger partial charge in [0.25, 0.3) is 5.56 Å². The quantitative estimate of drug-likeness (QED) is 0.495. The average molecular weight is 394 g/mol. The summed E-state index contributed by atoms with van der Waals surface area (Å²) in [5.74, 6) is -4.73. The van der Waals surface area contributed by atoms with Gasteiger partial charge in [-0.15, -0.1) is 0 Å². The van der Waals surface area contributed by atoms with Crippen LogP contribution in [0.5, 0.6) is 0 Å². The first-order chi connectivity index (χ1) is 13.3. The van der Waals surface area contributed by atoms with E-state index in [9.17, 15) is 22.8 Å². The monoisotopic (exact) mass is 394 g/mol. The summed E-state index contributed by atoms with van der Waals surface area (Å²) in [6.45, 7) is 0. The molecule has 3 aromatic rings. The Kier molecular flexibility index (Phi) is 5.39. The number of hydrogen-bond acceptors (Lipinski definition) is 4. The normalized spacial score (nSPS) is 12.2. The van der Waals surface area contributed by atoms with E-state index >= 15 is 0 Å². The average Bonchev–Trinajstić information content (AvgIpc) is 3.23. The van der Waals surface area contributed by atoms with Crippen LogP contribution in [-0.4, -0.2) is 33.1 Å². The first-order valence-electron chi connectivity index (χ1n) is 8.28. The molecular formula is C18H17F3N4O3. The number of rotatable bonds is 6. The highest BCUT2D eigenvalue weighted by Crippen LogP contribution is 2.29. The van der Waals surface area contributed by atoms with Crippen molar-refractivity contribution in [3.63, 3.8) is 0 Å². The van der Waals surface area contributed by atoms with Gasteiger partial charge in [-0.05, 0) is 17.2 Å². The highest BCUT2D eigenvalue weighted by atomic mass is 19.2. The van der Waals surface area contributed by atoms with Gasteiger partial charge in [0.1, 0.15) is 5.82 Å². The Balaban J connectivity index is 2.05. The van der Waals surface area contributed by atoms with Crippen molar-refractivity contribution in [2.45, 2.75) is 18.8 Å². The first kappa shape index (κ1) is 19.5. The Morgan fingerprint density at radius 3 is 2.57 bits per heavy atom. The van der Waals surface area contributed by atoms with Gasteiger partial charge in [-0.3, -0.25) is 19.4 Å². The lowest BCUT2D eigenvalue weighted by Crippen LogP contribution is -2.18. The molecule has 0 unspecified atom stereocenters. The predicted octanol–water partition coefficient (Wildman–Crippen LogP) is 2.14. The van der Waals surface area contributed by atoms with Crippen LogP contribution in [0, 0.1) is 17.5 Å². The predicted molar refractivity (Wildman–Crippen MR) is 92.2 cm³/mol. The Bertz CT molecular complexity index is 1070. The number of nitrogens with one attached hydrogen (secondary N) is 2. The third kappa shape index (κ3) is 3.85. The van der Waals surface area contributed by atoms with E-state index in [0.717, 1.165) is 6.07 Å². The number of ether oxygens (including phenoxy) is 1. The Morgan fingerprint density at radius 2 is 1.93 bits per heavy atom. The van der Waals surface area contributed by atoms with Gasteiger partial charge in [-0.2, -0.15) is 5.10 Å². The molecule has 2 heterocycles. The molecule has 0 aliphatic heterocycles. The van der Waals surface area contributed by atoms with Crippen molar-refractivity contribution in [2.24, 2.45) is 7.05 Å². The number of benzene rings is 1. The SMILES string of the molecule is COC(=O)C[C@@H](c1cnn(C)c1)c1c(Cc2cc(F)c(F)cc2F)[nH][nH]c1=O. The maximum Gasteiger partial charge on any atom is 0.306 e. The lowest BCUT2D eigenvalue weighted by Gasteiger charge is -2.14. The zero-order valence-corrected chi connectivity index (χ0v) is 15.1. The molecule has 148 valence electrons. The summed E-state index contributed by atoms with van der Waals surface area (Å²) in [6, 6.07) is 1.18. The zero-order chi connectivity index (χ0) is 20.4. The van der Waals surface area contributed by atoms with Gasteiger partial charge in [0.05, 0.1) is 19.7 Å². The molecule has 0 aliphatic rings. The molecule has 0 radical (unpaired) electrons. The molecule has 3 rings (SSSR count). The number of aromatic amines is 2. The van der Waals surface area contributed by atoms with Crippen LogP contribution in [0.2, 0.25) is 0 Å². The van der Waals surface area contributed by atoms with Gasteiger partial charge < -0.3 is 9.84 Å². The Hall–Kier alpha value is -3.30. The van der Waals surface area contributed by atoms with E-state index < -0.39 is 34.9 Å². The standard InChI is InChI=1S/C18H17F3N4O3/c1-25-8-10(7-22-25)11(5-16(26)28-2)17-15(23-24-18(17)27)4-9-3-13(20)14(21)6-12(9)19/h3,6-8,11H,4-5H2,1-2H3,(H2,23,24,27)/t11-/m0/s1. The largest absolute Gasteiger partial charge is 0.469 e. The number of carbonyl (C=O) groups is 1. The number of carbonyl (C=O) groups excluding carboxylic acids is 1. The second kappa shape index (κ2) is 7.75. The van der Waals surface area contributed by atoms with Crippen molar-refractivity contribution < 1.29 is 22.7 Å². The summed E-state index contributed by atoms with van der Waals surface area (Å²) in [7, 11) is 2.90. The van der Waals surface area contributed by atoms with Gasteiger partial charge in [0.2, 0.25) is 0 Å². The number of methoxy groups -OCH3 is 1. The van der Waals surface area contributed by atoms with Crippen LogP contribution in [0.3, 0.4) is 0 Å². The molecule has 0 fully saturated rings. The summed E-state index contributed by atoms with van der Waals surface area (Å²) in [6.07, 6.45) is 2.77. The number of hydrogen-bond donors (Lipinski definition) is 2. The molecule has 1 atom stereocenters. The number of halogens is 3. The number of nitrogens with zero attached hydrogens (tertiary/aromatic N) is 2. The Morgan fingerprint density at radius 1 is 1.21 bits per heavy atom. The van der Waals surface area contributed by atoms with Crippen molar-refractivity contribution in [3.8, 4) is 0 Å². The van der Waals surface area contributed by atoms with Gasteiger partial charge in [-0.25, -0.2) is 13.2 Å². The fourth-order valence-electron chi connectivity index (χ4n) is 3.06. The maximum atomic E-state index is 14.1. The molecule has 0 spiro atoms. The van der Waals surface area contributed by atoms with Crippen LogP contribution < -0.4 is 5.56 Å². The van der Waals surface area contributed by atoms with Crippen LogP contribution >= 0.6 is 0 Å². The number of aryl methyl sites for hydroxylation is 1. The van der Waals surface area contributed by atoms with E-state index in [1.165, 1.54) is 18.0 Å². The summed E-state index contributed by atoms with van der Waals surface area (Å²) in [4.78, 5) is 24.3. The van der Waals surface area contributed by atoms with Crippen LogP contribution in [0.15, 0.2) is 29.3 Å². The molecule has 28 heavy (non-hydrogen) atoms. The van der Waals surface area contributed by atoms with E-state index in [1.54, 1.807) is 13.2 Å². The summed E-state index contributed by atoms with van der Waals surface area (Å²) < 4.78 is 47.0. The smallest absolute Gasteiger partial charge is 0.306 e. The Labute approximate surface area is 157 Å². The minimum atomic E-state index is -1.30.